The van der Waals surface area contributed by atoms with E-state index in [1.165, 1.54) is 0 Å². The molecule has 1 heterocycles. The van der Waals surface area contributed by atoms with Crippen LogP contribution >= 0.6 is 11.8 Å². The zero-order valence-electron chi connectivity index (χ0n) is 14.1. The molecule has 2 aromatic carbocycles. The number of carbonyl (C=O) groups is 2. The SMILES string of the molecule is Cc1ccc(C(=O)Nc2ccccc2)cc1NC(=O)N1CCSCC1. The summed E-state index contributed by atoms with van der Waals surface area (Å²) in [6, 6.07) is 14.5. The molecule has 2 N–H and O–H groups in total. The van der Waals surface area contributed by atoms with Gasteiger partial charge in [0.15, 0.2) is 0 Å². The van der Waals surface area contributed by atoms with Gasteiger partial charge in [0.2, 0.25) is 0 Å². The summed E-state index contributed by atoms with van der Waals surface area (Å²) in [7, 11) is 0. The van der Waals surface area contributed by atoms with Crippen molar-refractivity contribution in [1.82, 2.24) is 4.90 Å². The molecule has 3 amide bonds. The number of nitrogens with zero attached hydrogens (tertiary/aromatic N) is 1. The number of rotatable bonds is 3. The fourth-order valence-corrected chi connectivity index (χ4v) is 3.49. The number of thioether (sulfide) groups is 1. The second kappa shape index (κ2) is 8.07. The van der Waals surface area contributed by atoms with Crippen molar-refractivity contribution < 1.29 is 9.59 Å². The van der Waals surface area contributed by atoms with E-state index in [4.69, 9.17) is 0 Å². The third-order valence-corrected chi connectivity index (χ3v) is 5.01. The van der Waals surface area contributed by atoms with Crippen LogP contribution in [-0.4, -0.2) is 41.4 Å². The molecular formula is C19H21N3O2S. The highest BCUT2D eigenvalue weighted by molar-refractivity contribution is 7.99. The van der Waals surface area contributed by atoms with Crippen LogP contribution in [0.15, 0.2) is 48.5 Å². The monoisotopic (exact) mass is 355 g/mol. The van der Waals surface area contributed by atoms with E-state index in [-0.39, 0.29) is 11.9 Å². The Morgan fingerprint density at radius 2 is 1.72 bits per heavy atom. The van der Waals surface area contributed by atoms with Crippen molar-refractivity contribution in [1.29, 1.82) is 0 Å². The summed E-state index contributed by atoms with van der Waals surface area (Å²) in [5.74, 6) is 1.73. The van der Waals surface area contributed by atoms with Gasteiger partial charge in [0.1, 0.15) is 0 Å². The van der Waals surface area contributed by atoms with Crippen LogP contribution in [0.5, 0.6) is 0 Å². The first-order chi connectivity index (χ1) is 12.1. The third kappa shape index (κ3) is 4.54. The maximum Gasteiger partial charge on any atom is 0.321 e. The molecule has 0 unspecified atom stereocenters. The van der Waals surface area contributed by atoms with Gasteiger partial charge in [-0.1, -0.05) is 24.3 Å². The van der Waals surface area contributed by atoms with Crippen LogP contribution in [0.4, 0.5) is 16.2 Å². The molecule has 1 aliphatic heterocycles. The van der Waals surface area contributed by atoms with E-state index in [2.05, 4.69) is 10.6 Å². The fraction of sp³-hybridized carbons (Fsp3) is 0.263. The van der Waals surface area contributed by atoms with Gasteiger partial charge in [0, 0.05) is 41.5 Å². The number of para-hydroxylation sites is 1. The van der Waals surface area contributed by atoms with E-state index in [0.717, 1.165) is 35.8 Å². The highest BCUT2D eigenvalue weighted by Crippen LogP contribution is 2.19. The summed E-state index contributed by atoms with van der Waals surface area (Å²) in [4.78, 5) is 26.6. The minimum absolute atomic E-state index is 0.107. The number of urea groups is 1. The van der Waals surface area contributed by atoms with E-state index in [9.17, 15) is 9.59 Å². The average Bonchev–Trinajstić information content (AvgIpc) is 2.65. The van der Waals surface area contributed by atoms with E-state index < -0.39 is 0 Å². The first-order valence-electron chi connectivity index (χ1n) is 8.24. The molecule has 0 atom stereocenters. The van der Waals surface area contributed by atoms with Gasteiger partial charge in [-0.2, -0.15) is 11.8 Å². The topological polar surface area (TPSA) is 61.4 Å². The predicted octanol–water partition coefficient (Wildman–Crippen LogP) is 3.83. The number of amides is 3. The third-order valence-electron chi connectivity index (χ3n) is 4.07. The second-order valence-corrected chi connectivity index (χ2v) is 7.10. The maximum atomic E-state index is 12.4. The normalized spacial score (nSPS) is 14.0. The summed E-state index contributed by atoms with van der Waals surface area (Å²) < 4.78 is 0. The molecule has 1 fully saturated rings. The van der Waals surface area contributed by atoms with E-state index >= 15 is 0 Å². The largest absolute Gasteiger partial charge is 0.323 e. The molecule has 1 aliphatic rings. The van der Waals surface area contributed by atoms with E-state index in [1.807, 2.05) is 60.0 Å². The van der Waals surface area contributed by atoms with Gasteiger partial charge in [0.25, 0.3) is 5.91 Å². The second-order valence-electron chi connectivity index (χ2n) is 5.88. The van der Waals surface area contributed by atoms with Gasteiger partial charge < -0.3 is 15.5 Å². The Balaban J connectivity index is 1.71. The molecule has 5 nitrogen and oxygen atoms in total. The summed E-state index contributed by atoms with van der Waals surface area (Å²) in [5, 5.41) is 5.79. The molecule has 130 valence electrons. The van der Waals surface area contributed by atoms with Crippen molar-refractivity contribution in [2.45, 2.75) is 6.92 Å². The standard InChI is InChI=1S/C19H21N3O2S/c1-14-7-8-15(18(23)20-16-5-3-2-4-6-16)13-17(14)21-19(24)22-9-11-25-12-10-22/h2-8,13H,9-12H2,1H3,(H,20,23)(H,21,24). The molecule has 0 spiro atoms. The smallest absolute Gasteiger partial charge is 0.321 e. The quantitative estimate of drug-likeness (QED) is 0.880. The van der Waals surface area contributed by atoms with Crippen molar-refractivity contribution in [2.75, 3.05) is 35.2 Å². The first-order valence-corrected chi connectivity index (χ1v) is 9.40. The van der Waals surface area contributed by atoms with Crippen LogP contribution < -0.4 is 10.6 Å². The summed E-state index contributed by atoms with van der Waals surface area (Å²) >= 11 is 1.86. The first kappa shape index (κ1) is 17.4. The lowest BCUT2D eigenvalue weighted by Gasteiger charge is -2.27. The minimum atomic E-state index is -0.198. The molecule has 0 bridgehead atoms. The van der Waals surface area contributed by atoms with Crippen LogP contribution in [0.3, 0.4) is 0 Å². The Kier molecular flexibility index (Phi) is 5.60. The van der Waals surface area contributed by atoms with E-state index in [0.29, 0.717) is 11.3 Å². The highest BCUT2D eigenvalue weighted by Gasteiger charge is 2.18. The van der Waals surface area contributed by atoms with Crippen molar-refractivity contribution in [3.63, 3.8) is 0 Å². The molecule has 0 radical (unpaired) electrons. The number of hydrogen-bond donors (Lipinski definition) is 2. The zero-order valence-corrected chi connectivity index (χ0v) is 14.9. The van der Waals surface area contributed by atoms with Crippen molar-refractivity contribution in [3.8, 4) is 0 Å². The van der Waals surface area contributed by atoms with E-state index in [1.54, 1.807) is 12.1 Å². The fourth-order valence-electron chi connectivity index (χ4n) is 2.58. The van der Waals surface area contributed by atoms with Crippen LogP contribution in [0.25, 0.3) is 0 Å². The predicted molar refractivity (Wildman–Crippen MR) is 103 cm³/mol. The molecule has 2 aromatic rings. The van der Waals surface area contributed by atoms with Crippen LogP contribution in [-0.2, 0) is 0 Å². The van der Waals surface area contributed by atoms with Gasteiger partial charge in [-0.25, -0.2) is 4.79 Å². The Hall–Kier alpha value is -2.47. The highest BCUT2D eigenvalue weighted by atomic mass is 32.2. The van der Waals surface area contributed by atoms with Gasteiger partial charge in [-0.15, -0.1) is 0 Å². The van der Waals surface area contributed by atoms with Crippen molar-refractivity contribution in [3.05, 3.63) is 59.7 Å². The Morgan fingerprint density at radius 1 is 1.00 bits per heavy atom. The Bertz CT molecular complexity index is 759. The Morgan fingerprint density at radius 3 is 2.44 bits per heavy atom. The molecule has 6 heteroatoms. The molecule has 25 heavy (non-hydrogen) atoms. The summed E-state index contributed by atoms with van der Waals surface area (Å²) in [5.41, 5.74) is 2.85. The van der Waals surface area contributed by atoms with Crippen LogP contribution in [0.1, 0.15) is 15.9 Å². The number of benzene rings is 2. The average molecular weight is 355 g/mol. The summed E-state index contributed by atoms with van der Waals surface area (Å²) in [6.45, 7) is 3.42. The van der Waals surface area contributed by atoms with Crippen LogP contribution in [0, 0.1) is 6.92 Å². The summed E-state index contributed by atoms with van der Waals surface area (Å²) in [6.07, 6.45) is 0. The lowest BCUT2D eigenvalue weighted by molar-refractivity contribution is 0.102. The zero-order chi connectivity index (χ0) is 17.6. The van der Waals surface area contributed by atoms with Gasteiger partial charge in [-0.05, 0) is 36.8 Å². The number of anilines is 2. The van der Waals surface area contributed by atoms with Gasteiger partial charge >= 0.3 is 6.03 Å². The lowest BCUT2D eigenvalue weighted by atomic mass is 10.1. The number of nitrogens with one attached hydrogen (secondary N) is 2. The number of hydrogen-bond acceptors (Lipinski definition) is 3. The number of aryl methyl sites for hydroxylation is 1. The molecule has 0 saturated carbocycles. The minimum Gasteiger partial charge on any atom is -0.323 e. The maximum absolute atomic E-state index is 12.4. The van der Waals surface area contributed by atoms with Gasteiger partial charge in [-0.3, -0.25) is 4.79 Å². The molecule has 0 aromatic heterocycles. The van der Waals surface area contributed by atoms with Gasteiger partial charge in [0.05, 0.1) is 0 Å². The van der Waals surface area contributed by atoms with Crippen molar-refractivity contribution in [2.24, 2.45) is 0 Å². The lowest BCUT2D eigenvalue weighted by Crippen LogP contribution is -2.40. The number of carbonyl (C=O) groups excluding carboxylic acids is 2. The molecule has 0 aliphatic carbocycles. The molecule has 1 saturated heterocycles. The Labute approximate surface area is 151 Å². The van der Waals surface area contributed by atoms with Crippen LogP contribution in [0.2, 0.25) is 0 Å². The van der Waals surface area contributed by atoms with Crippen molar-refractivity contribution >= 4 is 35.1 Å². The molecule has 3 rings (SSSR count). The molecular weight excluding hydrogens is 334 g/mol.